The Balaban J connectivity index is 1.26. The lowest BCUT2D eigenvalue weighted by Crippen LogP contribution is -2.46. The first-order chi connectivity index (χ1) is 14.1. The van der Waals surface area contributed by atoms with Crippen LogP contribution in [0.4, 0.5) is 4.79 Å². The van der Waals surface area contributed by atoms with Crippen molar-refractivity contribution in [1.29, 1.82) is 0 Å². The van der Waals surface area contributed by atoms with Crippen molar-refractivity contribution in [2.24, 2.45) is 5.92 Å². The fourth-order valence-electron chi connectivity index (χ4n) is 4.83. The summed E-state index contributed by atoms with van der Waals surface area (Å²) in [6, 6.07) is 0.195. The Morgan fingerprint density at radius 2 is 1.41 bits per heavy atom. The Labute approximate surface area is 174 Å². The van der Waals surface area contributed by atoms with Gasteiger partial charge in [-0.15, -0.1) is 0 Å². The number of nitrogens with one attached hydrogen (secondary N) is 2. The molecule has 0 spiro atoms. The highest BCUT2D eigenvalue weighted by atomic mass is 16.2. The largest absolute Gasteiger partial charge is 0.343 e. The van der Waals surface area contributed by atoms with Crippen molar-refractivity contribution >= 4 is 17.8 Å². The van der Waals surface area contributed by atoms with Crippen molar-refractivity contribution in [3.05, 3.63) is 0 Å². The molecule has 164 valence electrons. The molecule has 29 heavy (non-hydrogen) atoms. The van der Waals surface area contributed by atoms with Crippen LogP contribution in [0.1, 0.15) is 77.0 Å². The van der Waals surface area contributed by atoms with Crippen LogP contribution in [0.25, 0.3) is 0 Å². The molecule has 0 radical (unpaired) electrons. The minimum atomic E-state index is -0.110. The van der Waals surface area contributed by atoms with E-state index in [-0.39, 0.29) is 17.9 Å². The second kappa shape index (κ2) is 11.4. The van der Waals surface area contributed by atoms with Gasteiger partial charge in [-0.3, -0.25) is 9.59 Å². The molecule has 0 aromatic rings. The smallest absolute Gasteiger partial charge is 0.315 e. The lowest BCUT2D eigenvalue weighted by atomic mass is 9.94. The van der Waals surface area contributed by atoms with Crippen molar-refractivity contribution in [3.63, 3.8) is 0 Å². The number of rotatable bonds is 6. The molecule has 0 unspecified atom stereocenters. The summed E-state index contributed by atoms with van der Waals surface area (Å²) in [5, 5.41) is 5.91. The summed E-state index contributed by atoms with van der Waals surface area (Å²) in [6.07, 6.45) is 11.9. The number of piperidine rings is 2. The zero-order valence-electron chi connectivity index (χ0n) is 17.8. The highest BCUT2D eigenvalue weighted by Crippen LogP contribution is 2.22. The van der Waals surface area contributed by atoms with E-state index in [4.69, 9.17) is 0 Å². The molecule has 0 bridgehead atoms. The second-order valence-electron chi connectivity index (χ2n) is 8.88. The number of nitrogens with zero attached hydrogens (tertiary/aromatic N) is 2. The third-order valence-corrected chi connectivity index (χ3v) is 6.66. The van der Waals surface area contributed by atoms with Gasteiger partial charge in [-0.05, 0) is 51.4 Å². The van der Waals surface area contributed by atoms with Crippen LogP contribution in [0, 0.1) is 5.92 Å². The first kappa shape index (κ1) is 21.9. The molecule has 7 nitrogen and oxygen atoms in total. The Bertz CT molecular complexity index is 548. The summed E-state index contributed by atoms with van der Waals surface area (Å²) in [6.45, 7) is 3.68. The fourth-order valence-corrected chi connectivity index (χ4v) is 4.83. The van der Waals surface area contributed by atoms with Gasteiger partial charge in [0.2, 0.25) is 11.8 Å². The maximum atomic E-state index is 12.6. The molecule has 0 atom stereocenters. The first-order valence-electron chi connectivity index (χ1n) is 11.7. The lowest BCUT2D eigenvalue weighted by Gasteiger charge is -2.35. The van der Waals surface area contributed by atoms with Crippen LogP contribution in [0.3, 0.4) is 0 Å². The first-order valence-corrected chi connectivity index (χ1v) is 11.7. The molecule has 7 heteroatoms. The molecule has 2 saturated heterocycles. The normalized spacial score (nSPS) is 21.7. The van der Waals surface area contributed by atoms with E-state index >= 15 is 0 Å². The van der Waals surface area contributed by atoms with Crippen LogP contribution < -0.4 is 10.6 Å². The van der Waals surface area contributed by atoms with Crippen molar-refractivity contribution in [2.45, 2.75) is 83.1 Å². The summed E-state index contributed by atoms with van der Waals surface area (Å²) in [5.41, 5.74) is 0. The van der Waals surface area contributed by atoms with Crippen LogP contribution in [0.15, 0.2) is 0 Å². The quantitative estimate of drug-likeness (QED) is 0.666. The Morgan fingerprint density at radius 1 is 0.759 bits per heavy atom. The van der Waals surface area contributed by atoms with Crippen LogP contribution in [0.2, 0.25) is 0 Å². The Hall–Kier alpha value is -1.79. The van der Waals surface area contributed by atoms with E-state index in [1.165, 1.54) is 25.7 Å². The van der Waals surface area contributed by atoms with E-state index in [1.54, 1.807) is 0 Å². The number of amides is 4. The van der Waals surface area contributed by atoms with Crippen LogP contribution in [-0.4, -0.2) is 66.4 Å². The number of carbonyl (C=O) groups is 3. The van der Waals surface area contributed by atoms with Crippen LogP contribution in [-0.2, 0) is 9.59 Å². The summed E-state index contributed by atoms with van der Waals surface area (Å²) < 4.78 is 0. The van der Waals surface area contributed by atoms with Gasteiger partial charge in [-0.25, -0.2) is 4.79 Å². The number of hydrogen-bond acceptors (Lipinski definition) is 3. The third kappa shape index (κ3) is 6.89. The standard InChI is InChI=1S/C22H38N4O3/c27-20(10-7-13-23-22(29)24-19-8-3-1-4-9-19)25-16-11-18(12-17-25)21(28)26-14-5-2-6-15-26/h18-19H,1-17H2,(H2,23,24,29). The monoisotopic (exact) mass is 406 g/mol. The van der Waals surface area contributed by atoms with Gasteiger partial charge < -0.3 is 20.4 Å². The van der Waals surface area contributed by atoms with Gasteiger partial charge in [0.15, 0.2) is 0 Å². The number of carbonyl (C=O) groups excluding carboxylic acids is 3. The van der Waals surface area contributed by atoms with Gasteiger partial charge >= 0.3 is 6.03 Å². The van der Waals surface area contributed by atoms with Crippen molar-refractivity contribution in [2.75, 3.05) is 32.7 Å². The van der Waals surface area contributed by atoms with E-state index in [0.29, 0.717) is 44.4 Å². The molecule has 2 N–H and O–H groups in total. The summed E-state index contributed by atoms with van der Waals surface area (Å²) in [4.78, 5) is 40.9. The number of urea groups is 1. The molecular weight excluding hydrogens is 368 g/mol. The Kier molecular flexibility index (Phi) is 8.62. The summed E-state index contributed by atoms with van der Waals surface area (Å²) in [5.74, 6) is 0.524. The fraction of sp³-hybridized carbons (Fsp3) is 0.864. The minimum absolute atomic E-state index is 0.0855. The molecule has 1 aliphatic carbocycles. The highest BCUT2D eigenvalue weighted by Gasteiger charge is 2.30. The molecular formula is C22H38N4O3. The van der Waals surface area contributed by atoms with Gasteiger partial charge in [0.25, 0.3) is 0 Å². The molecule has 1 saturated carbocycles. The van der Waals surface area contributed by atoms with Crippen LogP contribution >= 0.6 is 0 Å². The summed E-state index contributed by atoms with van der Waals surface area (Å²) in [7, 11) is 0. The molecule has 3 fully saturated rings. The zero-order chi connectivity index (χ0) is 20.5. The van der Waals surface area contributed by atoms with E-state index in [0.717, 1.165) is 51.6 Å². The number of hydrogen-bond donors (Lipinski definition) is 2. The third-order valence-electron chi connectivity index (χ3n) is 6.66. The maximum Gasteiger partial charge on any atom is 0.315 e. The van der Waals surface area contributed by atoms with Crippen molar-refractivity contribution in [3.8, 4) is 0 Å². The maximum absolute atomic E-state index is 12.6. The predicted octanol–water partition coefficient (Wildman–Crippen LogP) is 2.65. The molecule has 0 aromatic carbocycles. The van der Waals surface area contributed by atoms with Crippen molar-refractivity contribution in [1.82, 2.24) is 20.4 Å². The summed E-state index contributed by atoms with van der Waals surface area (Å²) >= 11 is 0. The van der Waals surface area contributed by atoms with Gasteiger partial charge in [-0.1, -0.05) is 19.3 Å². The van der Waals surface area contributed by atoms with E-state index in [2.05, 4.69) is 10.6 Å². The minimum Gasteiger partial charge on any atom is -0.343 e. The SMILES string of the molecule is O=C(NCCCC(=O)N1CCC(C(=O)N2CCCCC2)CC1)NC1CCCCC1. The van der Waals surface area contributed by atoms with Gasteiger partial charge in [0, 0.05) is 51.1 Å². The number of likely N-dealkylation sites (tertiary alicyclic amines) is 2. The highest BCUT2D eigenvalue weighted by molar-refractivity contribution is 5.80. The Morgan fingerprint density at radius 3 is 2.10 bits per heavy atom. The van der Waals surface area contributed by atoms with Gasteiger partial charge in [-0.2, -0.15) is 0 Å². The lowest BCUT2D eigenvalue weighted by molar-refractivity contribution is -0.141. The van der Waals surface area contributed by atoms with Gasteiger partial charge in [0.1, 0.15) is 0 Å². The van der Waals surface area contributed by atoms with Gasteiger partial charge in [0.05, 0.1) is 0 Å². The zero-order valence-corrected chi connectivity index (χ0v) is 17.8. The average molecular weight is 407 g/mol. The molecule has 4 amide bonds. The molecule has 2 heterocycles. The molecule has 3 aliphatic rings. The van der Waals surface area contributed by atoms with Crippen LogP contribution in [0.5, 0.6) is 0 Å². The van der Waals surface area contributed by atoms with E-state index in [1.807, 2.05) is 9.80 Å². The van der Waals surface area contributed by atoms with Crippen molar-refractivity contribution < 1.29 is 14.4 Å². The van der Waals surface area contributed by atoms with E-state index < -0.39 is 0 Å². The van der Waals surface area contributed by atoms with E-state index in [9.17, 15) is 14.4 Å². The topological polar surface area (TPSA) is 81.8 Å². The molecule has 3 rings (SSSR count). The average Bonchev–Trinajstić information content (AvgIpc) is 2.77. The molecule has 0 aromatic heterocycles. The predicted molar refractivity (Wildman–Crippen MR) is 112 cm³/mol. The molecule has 2 aliphatic heterocycles. The second-order valence-corrected chi connectivity index (χ2v) is 8.88.